The molecule has 2 amide bonds. The summed E-state index contributed by atoms with van der Waals surface area (Å²) in [7, 11) is 1.53. The number of carbonyl (C=O) groups excluding carboxylic acids is 2. The Morgan fingerprint density at radius 3 is 2.93 bits per heavy atom. The van der Waals surface area contributed by atoms with Crippen molar-refractivity contribution in [2.45, 2.75) is 18.5 Å². The fourth-order valence-electron chi connectivity index (χ4n) is 4.36. The number of hydrogen-bond acceptors (Lipinski definition) is 4. The third-order valence-corrected chi connectivity index (χ3v) is 5.68. The highest BCUT2D eigenvalue weighted by molar-refractivity contribution is 5.97. The number of hydrogen-bond donors (Lipinski definition) is 1. The van der Waals surface area contributed by atoms with Crippen molar-refractivity contribution in [2.24, 2.45) is 0 Å². The van der Waals surface area contributed by atoms with Gasteiger partial charge in [0.25, 0.3) is 0 Å². The van der Waals surface area contributed by atoms with Crippen molar-refractivity contribution < 1.29 is 25.9 Å². The predicted molar refractivity (Wildman–Crippen MR) is 105 cm³/mol. The van der Waals surface area contributed by atoms with Gasteiger partial charge in [0.2, 0.25) is 18.6 Å². The van der Waals surface area contributed by atoms with Gasteiger partial charge in [0.1, 0.15) is 6.04 Å². The van der Waals surface area contributed by atoms with Crippen LogP contribution in [-0.2, 0) is 16.0 Å². The van der Waals surface area contributed by atoms with E-state index in [1.165, 1.54) is 16.8 Å². The molecule has 0 spiro atoms. The Balaban J connectivity index is 1.70. The second kappa shape index (κ2) is 5.76. The number of likely N-dealkylation sites (N-methyl/N-ethyl adjacent to an activating group) is 1. The molecular weight excluding hydrogens is 370 g/mol. The standard InChI is InChI=1S/C22H19N3O4/c1-24-10-19(26)25-16(22(24)27)9-14-13-4-2-3-5-15(13)23-20(14)21(25)12-6-7-17-18(8-12)29-11-28-17/h2-8,16,21,23H,9-11H2,1H3/t16-,21-/m1/s1/i2D,3D,4D,5D,21D. The van der Waals surface area contributed by atoms with Crippen LogP contribution in [0.3, 0.4) is 0 Å². The summed E-state index contributed by atoms with van der Waals surface area (Å²) < 4.78 is 53.6. The van der Waals surface area contributed by atoms with Crippen molar-refractivity contribution in [3.05, 3.63) is 59.2 Å². The van der Waals surface area contributed by atoms with Crippen LogP contribution in [0.5, 0.6) is 11.5 Å². The van der Waals surface area contributed by atoms with Crippen LogP contribution in [0, 0.1) is 0 Å². The normalized spacial score (nSPS) is 27.8. The number of fused-ring (bicyclic) bond motifs is 5. The number of nitrogens with zero attached hydrogens (tertiary/aromatic N) is 2. The molecule has 2 aromatic carbocycles. The molecule has 1 fully saturated rings. The largest absolute Gasteiger partial charge is 0.454 e. The zero-order valence-corrected chi connectivity index (χ0v) is 15.5. The first-order chi connectivity index (χ1) is 16.1. The Morgan fingerprint density at radius 1 is 1.21 bits per heavy atom. The molecule has 0 aliphatic carbocycles. The molecule has 7 nitrogen and oxygen atoms in total. The number of ether oxygens (including phenoxy) is 2. The number of amides is 2. The first-order valence-electron chi connectivity index (χ1n) is 11.7. The van der Waals surface area contributed by atoms with Gasteiger partial charge in [-0.3, -0.25) is 9.59 Å². The Morgan fingerprint density at radius 2 is 2.03 bits per heavy atom. The van der Waals surface area contributed by atoms with Crippen LogP contribution in [0.2, 0.25) is 0 Å². The molecule has 3 aromatic rings. The minimum absolute atomic E-state index is 0.0253. The van der Waals surface area contributed by atoms with Crippen molar-refractivity contribution in [3.63, 3.8) is 0 Å². The highest BCUT2D eigenvalue weighted by Gasteiger charge is 2.47. The fourth-order valence-corrected chi connectivity index (χ4v) is 4.36. The summed E-state index contributed by atoms with van der Waals surface area (Å²) in [5.41, 5.74) is 1.14. The van der Waals surface area contributed by atoms with Crippen LogP contribution >= 0.6 is 0 Å². The lowest BCUT2D eigenvalue weighted by Crippen LogP contribution is -2.62. The van der Waals surface area contributed by atoms with Gasteiger partial charge in [0.05, 0.1) is 19.4 Å². The third kappa shape index (κ3) is 2.24. The molecular formula is C22H19N3O4. The Labute approximate surface area is 173 Å². The maximum absolute atomic E-state index is 13.3. The lowest BCUT2D eigenvalue weighted by molar-refractivity contribution is -0.157. The quantitative estimate of drug-likeness (QED) is 0.687. The van der Waals surface area contributed by atoms with Crippen LogP contribution in [0.4, 0.5) is 0 Å². The Hall–Kier alpha value is -3.48. The topological polar surface area (TPSA) is 74.9 Å². The van der Waals surface area contributed by atoms with Crippen LogP contribution in [0.15, 0.2) is 42.4 Å². The number of aromatic amines is 1. The molecule has 0 unspecified atom stereocenters. The second-order valence-electron chi connectivity index (χ2n) is 7.32. The van der Waals surface area contributed by atoms with Crippen molar-refractivity contribution in [2.75, 3.05) is 20.4 Å². The summed E-state index contributed by atoms with van der Waals surface area (Å²) in [5.74, 6) is 0.152. The maximum atomic E-state index is 13.3. The summed E-state index contributed by atoms with van der Waals surface area (Å²) in [4.78, 5) is 32.1. The first-order valence-corrected chi connectivity index (χ1v) is 9.23. The molecule has 1 N–H and O–H groups in total. The Kier molecular flexibility index (Phi) is 2.42. The summed E-state index contributed by atoms with van der Waals surface area (Å²) >= 11 is 0. The van der Waals surface area contributed by atoms with Crippen molar-refractivity contribution in [1.82, 2.24) is 14.8 Å². The van der Waals surface area contributed by atoms with Crippen molar-refractivity contribution in [1.29, 1.82) is 0 Å². The van der Waals surface area contributed by atoms with E-state index in [0.29, 0.717) is 22.6 Å². The highest BCUT2D eigenvalue weighted by atomic mass is 16.7. The average molecular weight is 394 g/mol. The molecule has 3 aliphatic rings. The smallest absolute Gasteiger partial charge is 0.245 e. The van der Waals surface area contributed by atoms with Crippen LogP contribution in [-0.4, -0.2) is 53.0 Å². The number of carbonyl (C=O) groups is 2. The number of piperazine rings is 1. The number of nitrogens with one attached hydrogen (secondary N) is 1. The number of rotatable bonds is 1. The summed E-state index contributed by atoms with van der Waals surface area (Å²) in [5, 5.41) is 0.228. The Bertz CT molecular complexity index is 1440. The molecule has 0 saturated carbocycles. The first kappa shape index (κ1) is 12.2. The summed E-state index contributed by atoms with van der Waals surface area (Å²) in [6, 6.07) is 0.626. The monoisotopic (exact) mass is 394 g/mol. The van der Waals surface area contributed by atoms with Gasteiger partial charge in [-0.1, -0.05) is 24.2 Å². The number of benzene rings is 2. The second-order valence-corrected chi connectivity index (χ2v) is 7.32. The maximum Gasteiger partial charge on any atom is 0.245 e. The van der Waals surface area contributed by atoms with Crippen LogP contribution in [0.1, 0.15) is 29.7 Å². The van der Waals surface area contributed by atoms with Gasteiger partial charge in [0, 0.05) is 30.1 Å². The van der Waals surface area contributed by atoms with E-state index in [2.05, 4.69) is 4.98 Å². The molecule has 1 saturated heterocycles. The molecule has 29 heavy (non-hydrogen) atoms. The molecule has 4 heterocycles. The molecule has 3 aliphatic heterocycles. The summed E-state index contributed by atoms with van der Waals surface area (Å²) in [6.45, 7) is -0.157. The minimum Gasteiger partial charge on any atom is -0.454 e. The van der Waals surface area contributed by atoms with Gasteiger partial charge in [-0.25, -0.2) is 0 Å². The molecule has 0 radical (unpaired) electrons. The van der Waals surface area contributed by atoms with E-state index in [0.717, 1.165) is 0 Å². The van der Waals surface area contributed by atoms with Crippen molar-refractivity contribution in [3.8, 4) is 11.5 Å². The highest BCUT2D eigenvalue weighted by Crippen LogP contribution is 2.44. The van der Waals surface area contributed by atoms with Crippen LogP contribution < -0.4 is 9.47 Å². The molecule has 7 heteroatoms. The van der Waals surface area contributed by atoms with E-state index in [9.17, 15) is 11.0 Å². The van der Waals surface area contributed by atoms with E-state index < -0.39 is 30.1 Å². The van der Waals surface area contributed by atoms with Gasteiger partial charge < -0.3 is 24.3 Å². The molecule has 0 bridgehead atoms. The van der Waals surface area contributed by atoms with Gasteiger partial charge in [-0.05, 0) is 29.3 Å². The molecule has 146 valence electrons. The predicted octanol–water partition coefficient (Wildman–Crippen LogP) is 2.21. The molecule has 6 rings (SSSR count). The molecule has 1 aromatic heterocycles. The van der Waals surface area contributed by atoms with E-state index in [1.54, 1.807) is 18.2 Å². The van der Waals surface area contributed by atoms with Gasteiger partial charge in [0.15, 0.2) is 11.5 Å². The van der Waals surface area contributed by atoms with E-state index >= 15 is 0 Å². The van der Waals surface area contributed by atoms with E-state index in [1.807, 2.05) is 0 Å². The van der Waals surface area contributed by atoms with Gasteiger partial charge >= 0.3 is 0 Å². The zero-order chi connectivity index (χ0) is 24.1. The number of aromatic nitrogens is 1. The van der Waals surface area contributed by atoms with E-state index in [-0.39, 0.29) is 54.3 Å². The third-order valence-electron chi connectivity index (χ3n) is 5.68. The number of H-pyrrole nitrogens is 1. The zero-order valence-electron chi connectivity index (χ0n) is 20.5. The molecule has 2 atom stereocenters. The fraction of sp³-hybridized carbons (Fsp3) is 0.273. The minimum atomic E-state index is -1.91. The van der Waals surface area contributed by atoms with Crippen LogP contribution in [0.25, 0.3) is 10.9 Å². The number of para-hydroxylation sites is 1. The van der Waals surface area contributed by atoms with Crippen molar-refractivity contribution >= 4 is 22.7 Å². The van der Waals surface area contributed by atoms with Gasteiger partial charge in [-0.15, -0.1) is 0 Å². The average Bonchev–Trinajstić information content (AvgIpc) is 3.44. The summed E-state index contributed by atoms with van der Waals surface area (Å²) in [6.07, 6.45) is 0.0253. The van der Waals surface area contributed by atoms with Gasteiger partial charge in [-0.2, -0.15) is 0 Å². The SMILES string of the molecule is [2H]c1c([2H])c([2H])c2c3c([nH]c2c1[2H])[C@@]([2H])(c1ccc2c(c1)OCO2)N1C(=O)CN(C)C(=O)[C@H]1C3. The lowest BCUT2D eigenvalue weighted by atomic mass is 9.86. The van der Waals surface area contributed by atoms with E-state index in [4.69, 9.17) is 15.0 Å². The lowest BCUT2D eigenvalue weighted by Gasteiger charge is -2.46.